The lowest BCUT2D eigenvalue weighted by atomic mass is 10.1. The zero-order valence-electron chi connectivity index (χ0n) is 16.2. The van der Waals surface area contributed by atoms with Gasteiger partial charge in [0.2, 0.25) is 15.9 Å². The maximum atomic E-state index is 13.3. The molecule has 8 heteroatoms. The summed E-state index contributed by atoms with van der Waals surface area (Å²) in [5.74, 6) is -0.126. The number of hydrogen-bond donors (Lipinski definition) is 1. The number of hydrogen-bond acceptors (Lipinski definition) is 4. The number of rotatable bonds is 6. The van der Waals surface area contributed by atoms with Crippen molar-refractivity contribution in [2.24, 2.45) is 0 Å². The van der Waals surface area contributed by atoms with Crippen molar-refractivity contribution in [3.8, 4) is 0 Å². The largest absolute Gasteiger partial charge is 0.343 e. The molecular weight excluding hydrogens is 374 g/mol. The standard InChI is InChI=1S/C18H29N3O3S.ClH/c1-13-11-14(2)17(15(3)12-13)25(23,24)21-9-6-7-16(21)18(22)20(5)10-8-19-4;/h11-12,16,19H,6-10H2,1-5H3;1H. The Morgan fingerprint density at radius 2 is 1.85 bits per heavy atom. The molecule has 1 amide bonds. The molecule has 26 heavy (non-hydrogen) atoms. The van der Waals surface area contributed by atoms with Crippen molar-refractivity contribution in [2.75, 3.05) is 33.7 Å². The predicted octanol–water partition coefficient (Wildman–Crippen LogP) is 1.86. The fourth-order valence-corrected chi connectivity index (χ4v) is 5.68. The van der Waals surface area contributed by atoms with Crippen molar-refractivity contribution in [1.29, 1.82) is 0 Å². The van der Waals surface area contributed by atoms with Crippen LogP contribution in [-0.4, -0.2) is 63.3 Å². The Morgan fingerprint density at radius 3 is 2.38 bits per heavy atom. The zero-order valence-corrected chi connectivity index (χ0v) is 17.8. The van der Waals surface area contributed by atoms with Gasteiger partial charge in [-0.15, -0.1) is 12.4 Å². The molecular formula is C18H30ClN3O3S. The highest BCUT2D eigenvalue weighted by Crippen LogP contribution is 2.31. The van der Waals surface area contributed by atoms with E-state index in [9.17, 15) is 13.2 Å². The summed E-state index contributed by atoms with van der Waals surface area (Å²) in [6.45, 7) is 7.22. The number of halogens is 1. The summed E-state index contributed by atoms with van der Waals surface area (Å²) in [7, 11) is -0.140. The van der Waals surface area contributed by atoms with Gasteiger partial charge in [-0.05, 0) is 51.8 Å². The smallest absolute Gasteiger partial charge is 0.244 e. The van der Waals surface area contributed by atoms with Crippen LogP contribution >= 0.6 is 12.4 Å². The molecule has 0 spiro atoms. The van der Waals surface area contributed by atoms with E-state index in [1.54, 1.807) is 11.9 Å². The molecule has 0 saturated carbocycles. The van der Waals surface area contributed by atoms with Crippen LogP contribution in [-0.2, 0) is 14.8 Å². The highest BCUT2D eigenvalue weighted by molar-refractivity contribution is 7.89. The normalized spacial score (nSPS) is 17.8. The number of carbonyl (C=O) groups is 1. The molecule has 6 nitrogen and oxygen atoms in total. The second-order valence-electron chi connectivity index (χ2n) is 6.86. The Morgan fingerprint density at radius 1 is 1.27 bits per heavy atom. The molecule has 1 aromatic carbocycles. The van der Waals surface area contributed by atoms with Gasteiger partial charge in [0.1, 0.15) is 6.04 Å². The molecule has 2 rings (SSSR count). The third-order valence-corrected chi connectivity index (χ3v) is 6.95. The van der Waals surface area contributed by atoms with Crippen LogP contribution < -0.4 is 5.32 Å². The summed E-state index contributed by atoms with van der Waals surface area (Å²) in [4.78, 5) is 14.7. The van der Waals surface area contributed by atoms with Crippen LogP contribution in [0.4, 0.5) is 0 Å². The number of carbonyl (C=O) groups excluding carboxylic acids is 1. The lowest BCUT2D eigenvalue weighted by molar-refractivity contribution is -0.133. The fourth-order valence-electron chi connectivity index (χ4n) is 3.61. The highest BCUT2D eigenvalue weighted by atomic mass is 35.5. The van der Waals surface area contributed by atoms with Crippen molar-refractivity contribution in [2.45, 2.75) is 44.6 Å². The first-order valence-electron chi connectivity index (χ1n) is 8.69. The van der Waals surface area contributed by atoms with Gasteiger partial charge in [0.05, 0.1) is 4.90 Å². The molecule has 1 fully saturated rings. The van der Waals surface area contributed by atoms with Gasteiger partial charge < -0.3 is 10.2 Å². The molecule has 0 aromatic heterocycles. The fraction of sp³-hybridized carbons (Fsp3) is 0.611. The van der Waals surface area contributed by atoms with Gasteiger partial charge in [0.25, 0.3) is 0 Å². The van der Waals surface area contributed by atoms with Crippen LogP contribution in [0.15, 0.2) is 17.0 Å². The molecule has 1 aliphatic rings. The number of nitrogens with zero attached hydrogens (tertiary/aromatic N) is 2. The summed E-state index contributed by atoms with van der Waals surface area (Å²) in [6.07, 6.45) is 1.28. The number of likely N-dealkylation sites (N-methyl/N-ethyl adjacent to an activating group) is 2. The Bertz CT molecular complexity index is 729. The summed E-state index contributed by atoms with van der Waals surface area (Å²) in [5.41, 5.74) is 2.51. The second-order valence-corrected chi connectivity index (χ2v) is 8.69. The van der Waals surface area contributed by atoms with Crippen LogP contribution in [0.1, 0.15) is 29.5 Å². The van der Waals surface area contributed by atoms with Crippen LogP contribution in [0, 0.1) is 20.8 Å². The average Bonchev–Trinajstić information content (AvgIpc) is 3.00. The Hall–Kier alpha value is -1.15. The van der Waals surface area contributed by atoms with Crippen molar-refractivity contribution in [3.05, 3.63) is 28.8 Å². The van der Waals surface area contributed by atoms with Gasteiger partial charge in [-0.1, -0.05) is 17.7 Å². The minimum absolute atomic E-state index is 0. The number of benzene rings is 1. The molecule has 1 N–H and O–H groups in total. The Labute approximate surface area is 163 Å². The Balaban J connectivity index is 0.00000338. The van der Waals surface area contributed by atoms with E-state index in [1.807, 2.05) is 40.0 Å². The monoisotopic (exact) mass is 403 g/mol. The predicted molar refractivity (Wildman–Crippen MR) is 106 cm³/mol. The first kappa shape index (κ1) is 22.9. The van der Waals surface area contributed by atoms with E-state index in [4.69, 9.17) is 0 Å². The van der Waals surface area contributed by atoms with Gasteiger partial charge in [-0.3, -0.25) is 4.79 Å². The van der Waals surface area contributed by atoms with Crippen molar-refractivity contribution >= 4 is 28.3 Å². The van der Waals surface area contributed by atoms with Crippen LogP contribution in [0.2, 0.25) is 0 Å². The van der Waals surface area contributed by atoms with E-state index in [2.05, 4.69) is 5.32 Å². The average molecular weight is 404 g/mol. The van der Waals surface area contributed by atoms with E-state index in [1.165, 1.54) is 4.31 Å². The van der Waals surface area contributed by atoms with Gasteiger partial charge in [0.15, 0.2) is 0 Å². The minimum Gasteiger partial charge on any atom is -0.343 e. The van der Waals surface area contributed by atoms with Crippen LogP contribution in [0.25, 0.3) is 0 Å². The second kappa shape index (κ2) is 9.17. The molecule has 0 aliphatic carbocycles. The molecule has 1 unspecified atom stereocenters. The first-order chi connectivity index (χ1) is 11.7. The van der Waals surface area contributed by atoms with E-state index >= 15 is 0 Å². The van der Waals surface area contributed by atoms with Gasteiger partial charge in [0, 0.05) is 26.7 Å². The van der Waals surface area contributed by atoms with Crippen LogP contribution in [0.3, 0.4) is 0 Å². The number of aryl methyl sites for hydroxylation is 3. The van der Waals surface area contributed by atoms with E-state index in [0.29, 0.717) is 37.4 Å². The maximum Gasteiger partial charge on any atom is 0.244 e. The summed E-state index contributed by atoms with van der Waals surface area (Å²) in [5, 5.41) is 3.01. The molecule has 1 saturated heterocycles. The maximum absolute atomic E-state index is 13.3. The molecule has 0 bridgehead atoms. The number of sulfonamides is 1. The molecule has 1 heterocycles. The van der Waals surface area contributed by atoms with Crippen molar-refractivity contribution < 1.29 is 13.2 Å². The van der Waals surface area contributed by atoms with Crippen molar-refractivity contribution in [1.82, 2.24) is 14.5 Å². The SMILES string of the molecule is CNCCN(C)C(=O)C1CCCN1S(=O)(=O)c1c(C)cc(C)cc1C.Cl. The van der Waals surface area contributed by atoms with Crippen LogP contribution in [0.5, 0.6) is 0 Å². The van der Waals surface area contributed by atoms with E-state index < -0.39 is 16.1 Å². The molecule has 0 radical (unpaired) electrons. The topological polar surface area (TPSA) is 69.7 Å². The quantitative estimate of drug-likeness (QED) is 0.787. The lowest BCUT2D eigenvalue weighted by Gasteiger charge is -2.28. The van der Waals surface area contributed by atoms with Gasteiger partial charge in [-0.2, -0.15) is 4.31 Å². The Kier molecular flexibility index (Phi) is 8.07. The highest BCUT2D eigenvalue weighted by Gasteiger charge is 2.41. The van der Waals surface area contributed by atoms with Crippen molar-refractivity contribution in [3.63, 3.8) is 0 Å². The number of amides is 1. The summed E-state index contributed by atoms with van der Waals surface area (Å²) in [6, 6.07) is 3.16. The lowest BCUT2D eigenvalue weighted by Crippen LogP contribution is -2.47. The third kappa shape index (κ3) is 4.57. The van der Waals surface area contributed by atoms with Gasteiger partial charge in [-0.25, -0.2) is 8.42 Å². The van der Waals surface area contributed by atoms with Gasteiger partial charge >= 0.3 is 0 Å². The number of nitrogens with one attached hydrogen (secondary N) is 1. The molecule has 148 valence electrons. The zero-order chi connectivity index (χ0) is 18.8. The third-order valence-electron chi connectivity index (χ3n) is 4.73. The van der Waals surface area contributed by atoms with E-state index in [-0.39, 0.29) is 18.3 Å². The summed E-state index contributed by atoms with van der Waals surface area (Å²) < 4.78 is 28.0. The molecule has 1 atom stereocenters. The first-order valence-corrected chi connectivity index (χ1v) is 10.1. The minimum atomic E-state index is -3.69. The van der Waals surface area contributed by atoms with E-state index in [0.717, 1.165) is 16.7 Å². The summed E-state index contributed by atoms with van der Waals surface area (Å²) >= 11 is 0. The molecule has 1 aromatic rings. The molecule has 1 aliphatic heterocycles.